The van der Waals surface area contributed by atoms with Gasteiger partial charge in [-0.25, -0.2) is 0 Å². The Morgan fingerprint density at radius 3 is 2.36 bits per heavy atom. The van der Waals surface area contributed by atoms with E-state index in [1.807, 2.05) is 24.3 Å². The topological polar surface area (TPSA) is 9.23 Å². The van der Waals surface area contributed by atoms with Crippen molar-refractivity contribution in [3.63, 3.8) is 0 Å². The average Bonchev–Trinajstić information content (AvgIpc) is 2.57. The van der Waals surface area contributed by atoms with Crippen LogP contribution in [-0.4, -0.2) is 7.11 Å². The van der Waals surface area contributed by atoms with Gasteiger partial charge in [0.1, 0.15) is 5.60 Å². The number of benzene rings is 2. The van der Waals surface area contributed by atoms with Crippen molar-refractivity contribution in [1.82, 2.24) is 0 Å². The van der Waals surface area contributed by atoms with Crippen LogP contribution in [0.4, 0.5) is 0 Å². The van der Waals surface area contributed by atoms with Crippen LogP contribution < -0.4 is 0 Å². The Morgan fingerprint density at radius 2 is 1.64 bits per heavy atom. The first-order valence-electron chi connectivity index (χ1n) is 6.73. The maximum Gasteiger partial charge on any atom is 0.138 e. The molecule has 5 heteroatoms. The third kappa shape index (κ3) is 1.61. The average molecular weight is 372 g/mol. The molecule has 0 radical (unpaired) electrons. The summed E-state index contributed by atoms with van der Waals surface area (Å²) in [6.45, 7) is 0. The zero-order valence-corrected chi connectivity index (χ0v) is 14.5. The van der Waals surface area contributed by atoms with E-state index in [4.69, 9.17) is 51.1 Å². The lowest BCUT2D eigenvalue weighted by Crippen LogP contribution is -2.38. The second-order valence-electron chi connectivity index (χ2n) is 5.41. The van der Waals surface area contributed by atoms with Crippen molar-refractivity contribution in [2.24, 2.45) is 0 Å². The van der Waals surface area contributed by atoms with Crippen LogP contribution in [0.1, 0.15) is 28.2 Å². The summed E-state index contributed by atoms with van der Waals surface area (Å²) >= 11 is 25.6. The van der Waals surface area contributed by atoms with E-state index in [0.29, 0.717) is 10.0 Å². The Labute approximate surface area is 148 Å². The molecule has 0 saturated heterocycles. The van der Waals surface area contributed by atoms with Crippen LogP contribution in [0.5, 0.6) is 0 Å². The fraction of sp³-hybridized carbons (Fsp3) is 0.176. The molecule has 0 N–H and O–H groups in total. The molecule has 2 atom stereocenters. The predicted octanol–water partition coefficient (Wildman–Crippen LogP) is 6.21. The van der Waals surface area contributed by atoms with Crippen molar-refractivity contribution in [3.05, 3.63) is 78.8 Å². The van der Waals surface area contributed by atoms with Gasteiger partial charge in [0, 0.05) is 18.6 Å². The van der Waals surface area contributed by atoms with Gasteiger partial charge in [0.2, 0.25) is 0 Å². The quantitative estimate of drug-likeness (QED) is 0.329. The highest BCUT2D eigenvalue weighted by Gasteiger charge is 2.48. The molecule has 112 valence electrons. The Balaban J connectivity index is 2.19. The maximum absolute atomic E-state index is 6.53. The highest BCUT2D eigenvalue weighted by atomic mass is 35.5. The lowest BCUT2D eigenvalue weighted by Gasteiger charge is -2.45. The first-order chi connectivity index (χ1) is 10.5. The van der Waals surface area contributed by atoms with Crippen LogP contribution in [0.25, 0.3) is 0 Å². The molecule has 3 aliphatic rings. The summed E-state index contributed by atoms with van der Waals surface area (Å²) in [5.74, 6) is 0.00277. The molecule has 2 bridgehead atoms. The summed E-state index contributed by atoms with van der Waals surface area (Å²) in [7, 11) is 1.66. The number of halogens is 4. The molecule has 0 aromatic heterocycles. The lowest BCUT2D eigenvalue weighted by atomic mass is 9.65. The smallest absolute Gasteiger partial charge is 0.138 e. The van der Waals surface area contributed by atoms with Gasteiger partial charge in [-0.05, 0) is 22.8 Å². The van der Waals surface area contributed by atoms with Gasteiger partial charge in [-0.2, -0.15) is 0 Å². The van der Waals surface area contributed by atoms with Gasteiger partial charge in [-0.3, -0.25) is 0 Å². The second-order valence-corrected chi connectivity index (χ2v) is 6.92. The van der Waals surface area contributed by atoms with Crippen molar-refractivity contribution < 1.29 is 4.74 Å². The van der Waals surface area contributed by atoms with Crippen LogP contribution in [0.15, 0.2) is 36.4 Å². The highest BCUT2D eigenvalue weighted by molar-refractivity contribution is 6.52. The normalized spacial score (nSPS) is 24.3. The Morgan fingerprint density at radius 1 is 0.955 bits per heavy atom. The molecular weight excluding hydrogens is 362 g/mol. The van der Waals surface area contributed by atoms with Gasteiger partial charge >= 0.3 is 0 Å². The van der Waals surface area contributed by atoms with Crippen LogP contribution in [0.2, 0.25) is 20.1 Å². The highest BCUT2D eigenvalue weighted by Crippen LogP contribution is 2.59. The third-order valence-electron chi connectivity index (χ3n) is 4.53. The zero-order valence-electron chi connectivity index (χ0n) is 11.5. The van der Waals surface area contributed by atoms with Gasteiger partial charge in [-0.15, -0.1) is 0 Å². The molecule has 2 unspecified atom stereocenters. The summed E-state index contributed by atoms with van der Waals surface area (Å²) in [4.78, 5) is 0. The van der Waals surface area contributed by atoms with Gasteiger partial charge in [0.05, 0.1) is 20.1 Å². The number of methoxy groups -OCH3 is 1. The largest absolute Gasteiger partial charge is 0.365 e. The number of hydrogen-bond acceptors (Lipinski definition) is 1. The van der Waals surface area contributed by atoms with Crippen molar-refractivity contribution in [2.45, 2.75) is 11.5 Å². The van der Waals surface area contributed by atoms with E-state index in [1.54, 1.807) is 7.11 Å². The molecule has 3 aliphatic carbocycles. The third-order valence-corrected chi connectivity index (χ3v) is 6.34. The first-order valence-corrected chi connectivity index (χ1v) is 8.24. The lowest BCUT2D eigenvalue weighted by molar-refractivity contribution is 0.0582. The summed E-state index contributed by atoms with van der Waals surface area (Å²) in [5, 5.41) is 1.40. The van der Waals surface area contributed by atoms with Crippen LogP contribution >= 0.6 is 46.4 Å². The fourth-order valence-electron chi connectivity index (χ4n) is 3.59. The Hall–Kier alpha value is -0.700. The van der Waals surface area contributed by atoms with E-state index in [9.17, 15) is 0 Å². The van der Waals surface area contributed by atoms with Gasteiger partial charge < -0.3 is 4.74 Å². The minimum atomic E-state index is -0.782. The van der Waals surface area contributed by atoms with Crippen LogP contribution in [0.3, 0.4) is 0 Å². The molecule has 0 saturated carbocycles. The number of allylic oxidation sites excluding steroid dienone is 1. The monoisotopic (exact) mass is 370 g/mol. The van der Waals surface area contributed by atoms with Crippen LogP contribution in [-0.2, 0) is 10.3 Å². The molecular formula is C17H10Cl4O. The van der Waals surface area contributed by atoms with E-state index in [2.05, 4.69) is 12.1 Å². The Kier molecular flexibility index (Phi) is 3.31. The minimum absolute atomic E-state index is 0.00277. The van der Waals surface area contributed by atoms with E-state index < -0.39 is 5.60 Å². The summed E-state index contributed by atoms with van der Waals surface area (Å²) in [5.41, 5.74) is 3.10. The van der Waals surface area contributed by atoms with Gasteiger partial charge in [-0.1, -0.05) is 76.7 Å². The van der Waals surface area contributed by atoms with Crippen molar-refractivity contribution in [3.8, 4) is 0 Å². The maximum atomic E-state index is 6.53. The van der Waals surface area contributed by atoms with Crippen molar-refractivity contribution >= 4 is 46.4 Å². The second kappa shape index (κ2) is 4.90. The predicted molar refractivity (Wildman–Crippen MR) is 91.7 cm³/mol. The molecule has 1 nitrogen and oxygen atoms in total. The number of rotatable bonds is 1. The fourth-order valence-corrected chi connectivity index (χ4v) is 4.71. The Bertz CT molecular complexity index is 843. The van der Waals surface area contributed by atoms with E-state index >= 15 is 0 Å². The molecule has 0 heterocycles. The van der Waals surface area contributed by atoms with Gasteiger partial charge in [0.15, 0.2) is 0 Å². The van der Waals surface area contributed by atoms with Crippen LogP contribution in [0, 0.1) is 0 Å². The van der Waals surface area contributed by atoms with E-state index in [1.165, 1.54) is 0 Å². The molecule has 0 spiro atoms. The van der Waals surface area contributed by atoms with E-state index in [0.717, 1.165) is 22.3 Å². The van der Waals surface area contributed by atoms with Crippen molar-refractivity contribution in [2.75, 3.05) is 7.11 Å². The molecule has 2 aromatic carbocycles. The molecule has 0 amide bonds. The van der Waals surface area contributed by atoms with Gasteiger partial charge in [0.25, 0.3) is 0 Å². The number of ether oxygens (including phenoxy) is 1. The SMILES string of the molecule is COC12C=CC(c3ccccc31)c1c(Cl)c(Cl)c(Cl)c(Cl)c12. The summed E-state index contributed by atoms with van der Waals surface area (Å²) in [6.07, 6.45) is 4.11. The molecule has 22 heavy (non-hydrogen) atoms. The standard InChI is InChI=1S/C17H10Cl4O/c1-22-17-7-6-9(8-4-2-3-5-10(8)17)11-12(17)14(19)16(21)15(20)13(11)18/h2-7,9H,1H3. The first kappa shape index (κ1) is 14.9. The molecule has 2 aromatic rings. The van der Waals surface area contributed by atoms with Crippen molar-refractivity contribution in [1.29, 1.82) is 0 Å². The molecule has 5 rings (SSSR count). The zero-order chi connectivity index (χ0) is 15.6. The van der Waals surface area contributed by atoms with E-state index in [-0.39, 0.29) is 16.0 Å². The number of hydrogen-bond donors (Lipinski definition) is 0. The summed E-state index contributed by atoms with van der Waals surface area (Å²) < 4.78 is 5.92. The molecule has 0 fully saturated rings. The minimum Gasteiger partial charge on any atom is -0.365 e. The molecule has 0 aliphatic heterocycles. The summed E-state index contributed by atoms with van der Waals surface area (Å²) in [6, 6.07) is 8.11.